The third-order valence-corrected chi connectivity index (χ3v) is 8.22. The first-order valence-electron chi connectivity index (χ1n) is 9.72. The van der Waals surface area contributed by atoms with Crippen LogP contribution < -0.4 is 0 Å². The highest BCUT2D eigenvalue weighted by Gasteiger charge is 2.69. The summed E-state index contributed by atoms with van der Waals surface area (Å²) >= 11 is 0. The second-order valence-corrected chi connectivity index (χ2v) is 9.29. The summed E-state index contributed by atoms with van der Waals surface area (Å²) < 4.78 is 13.3. The van der Waals surface area contributed by atoms with Gasteiger partial charge >= 0.3 is 0 Å². The van der Waals surface area contributed by atoms with E-state index in [1.165, 1.54) is 0 Å². The molecule has 4 aliphatic rings. The van der Waals surface area contributed by atoms with Crippen molar-refractivity contribution in [2.75, 3.05) is 6.67 Å². The zero-order valence-electron chi connectivity index (χ0n) is 15.9. The number of fused-ring (bicyclic) bond motifs is 5. The Labute approximate surface area is 158 Å². The summed E-state index contributed by atoms with van der Waals surface area (Å²) in [6.45, 7) is 6.55. The van der Waals surface area contributed by atoms with Gasteiger partial charge in [0.2, 0.25) is 0 Å². The van der Waals surface area contributed by atoms with Gasteiger partial charge in [-0.2, -0.15) is 0 Å². The minimum absolute atomic E-state index is 0.0202. The average molecular weight is 374 g/mol. The Hall–Kier alpha value is -1.59. The number of hydrogen-bond acceptors (Lipinski definition) is 4. The van der Waals surface area contributed by atoms with E-state index in [2.05, 4.69) is 13.5 Å². The molecule has 1 unspecified atom stereocenters. The molecule has 0 bridgehead atoms. The Kier molecular flexibility index (Phi) is 3.97. The lowest BCUT2D eigenvalue weighted by molar-refractivity contribution is -0.172. The molecule has 5 heteroatoms. The van der Waals surface area contributed by atoms with E-state index in [0.29, 0.717) is 12.0 Å². The standard InChI is InChI=1S/C22H27FO4/c1-12-8-16-15-5-4-13-9-14(24)6-7-20(13,2)19(15)17(25)10-21(16,3)22(12,27)18(26)11-23/h6-7,9,15-17,19,25,27H,1,4-5,8,10-11H2,2-3H3/t15-,16-,17?,19+,20-,21-,22-/m0/s1. The van der Waals surface area contributed by atoms with Crippen LogP contribution in [0.4, 0.5) is 4.39 Å². The van der Waals surface area contributed by atoms with Crippen molar-refractivity contribution in [2.45, 2.75) is 51.2 Å². The van der Waals surface area contributed by atoms with Crippen LogP contribution in [0.5, 0.6) is 0 Å². The van der Waals surface area contributed by atoms with E-state index in [-0.39, 0.29) is 30.0 Å². The fourth-order valence-corrected chi connectivity index (χ4v) is 6.89. The van der Waals surface area contributed by atoms with Gasteiger partial charge in [0.25, 0.3) is 0 Å². The van der Waals surface area contributed by atoms with Crippen molar-refractivity contribution in [3.63, 3.8) is 0 Å². The van der Waals surface area contributed by atoms with Gasteiger partial charge in [-0.05, 0) is 55.2 Å². The van der Waals surface area contributed by atoms with Crippen LogP contribution >= 0.6 is 0 Å². The van der Waals surface area contributed by atoms with E-state index in [1.54, 1.807) is 19.1 Å². The van der Waals surface area contributed by atoms with Gasteiger partial charge in [-0.1, -0.05) is 32.1 Å². The predicted molar refractivity (Wildman–Crippen MR) is 98.5 cm³/mol. The van der Waals surface area contributed by atoms with Crippen molar-refractivity contribution < 1.29 is 24.2 Å². The maximum absolute atomic E-state index is 13.3. The molecular formula is C22H27FO4. The van der Waals surface area contributed by atoms with E-state index in [4.69, 9.17) is 0 Å². The van der Waals surface area contributed by atoms with E-state index in [1.807, 2.05) is 6.08 Å². The van der Waals surface area contributed by atoms with Gasteiger partial charge < -0.3 is 10.2 Å². The Morgan fingerprint density at radius 1 is 1.41 bits per heavy atom. The monoisotopic (exact) mass is 374 g/mol. The number of carbonyl (C=O) groups excluding carboxylic acids is 2. The molecule has 4 aliphatic carbocycles. The summed E-state index contributed by atoms with van der Waals surface area (Å²) in [7, 11) is 0. The second kappa shape index (κ2) is 5.71. The summed E-state index contributed by atoms with van der Waals surface area (Å²) in [6, 6.07) is 0. The molecule has 0 heterocycles. The summed E-state index contributed by atoms with van der Waals surface area (Å²) in [6.07, 6.45) is 6.61. The van der Waals surface area contributed by atoms with Crippen molar-refractivity contribution in [3.05, 3.63) is 36.0 Å². The molecule has 0 radical (unpaired) electrons. The maximum atomic E-state index is 13.3. The van der Waals surface area contributed by atoms with Gasteiger partial charge in [-0.3, -0.25) is 9.59 Å². The van der Waals surface area contributed by atoms with Crippen molar-refractivity contribution in [3.8, 4) is 0 Å². The van der Waals surface area contributed by atoms with Gasteiger partial charge in [0, 0.05) is 16.7 Å². The first-order valence-corrected chi connectivity index (χ1v) is 9.72. The molecule has 3 saturated carbocycles. The van der Waals surface area contributed by atoms with E-state index >= 15 is 0 Å². The van der Waals surface area contributed by atoms with Crippen molar-refractivity contribution in [1.29, 1.82) is 0 Å². The fraction of sp³-hybridized carbons (Fsp3) is 0.636. The lowest BCUT2D eigenvalue weighted by Gasteiger charge is -2.59. The summed E-state index contributed by atoms with van der Waals surface area (Å²) in [5.41, 5.74) is -1.85. The molecule has 4 nitrogen and oxygen atoms in total. The van der Waals surface area contributed by atoms with Gasteiger partial charge in [0.1, 0.15) is 0 Å². The van der Waals surface area contributed by atoms with E-state index < -0.39 is 35.0 Å². The highest BCUT2D eigenvalue weighted by Crippen LogP contribution is 2.68. The van der Waals surface area contributed by atoms with Crippen LogP contribution in [-0.2, 0) is 9.59 Å². The number of rotatable bonds is 2. The van der Waals surface area contributed by atoms with Crippen molar-refractivity contribution >= 4 is 11.6 Å². The molecular weight excluding hydrogens is 347 g/mol. The number of alkyl halides is 1. The Morgan fingerprint density at radius 2 is 2.11 bits per heavy atom. The summed E-state index contributed by atoms with van der Waals surface area (Å²) in [5.74, 6) is -0.960. The number of halogens is 1. The average Bonchev–Trinajstić information content (AvgIpc) is 2.82. The minimum atomic E-state index is -1.92. The summed E-state index contributed by atoms with van der Waals surface area (Å²) in [5, 5.41) is 22.4. The third-order valence-electron chi connectivity index (χ3n) is 8.22. The van der Waals surface area contributed by atoms with Crippen LogP contribution in [0.3, 0.4) is 0 Å². The molecule has 7 atom stereocenters. The van der Waals surface area contributed by atoms with Crippen molar-refractivity contribution in [1.82, 2.24) is 0 Å². The molecule has 0 aliphatic heterocycles. The Morgan fingerprint density at radius 3 is 2.78 bits per heavy atom. The lowest BCUT2D eigenvalue weighted by atomic mass is 9.46. The SMILES string of the molecule is C=C1C[C@H]2[C@@H]3CCC4=CC(=O)C=C[C@]4(C)[C@H]3C(O)C[C@]2(C)[C@@]1(O)C(=O)CF. The fourth-order valence-electron chi connectivity index (χ4n) is 6.89. The van der Waals surface area contributed by atoms with Gasteiger partial charge in [0.05, 0.1) is 6.10 Å². The number of allylic oxidation sites excluding steroid dienone is 4. The Bertz CT molecular complexity index is 798. The first-order chi connectivity index (χ1) is 12.6. The van der Waals surface area contributed by atoms with Gasteiger partial charge in [0.15, 0.2) is 23.8 Å². The maximum Gasteiger partial charge on any atom is 0.199 e. The van der Waals surface area contributed by atoms with Crippen LogP contribution in [0, 0.1) is 28.6 Å². The highest BCUT2D eigenvalue weighted by atomic mass is 19.1. The quantitative estimate of drug-likeness (QED) is 0.729. The topological polar surface area (TPSA) is 74.6 Å². The minimum Gasteiger partial charge on any atom is -0.393 e. The Balaban J connectivity index is 1.79. The number of hydrogen-bond donors (Lipinski definition) is 2. The van der Waals surface area contributed by atoms with Crippen LogP contribution in [-0.4, -0.2) is 40.2 Å². The zero-order chi connectivity index (χ0) is 19.8. The number of aliphatic hydroxyl groups is 2. The number of aliphatic hydroxyl groups excluding tert-OH is 1. The molecule has 146 valence electrons. The van der Waals surface area contributed by atoms with Crippen LogP contribution in [0.15, 0.2) is 36.0 Å². The molecule has 0 aromatic carbocycles. The molecule has 27 heavy (non-hydrogen) atoms. The normalized spacial score (nSPS) is 48.6. The molecule has 0 amide bonds. The van der Waals surface area contributed by atoms with Crippen LogP contribution in [0.2, 0.25) is 0 Å². The molecule has 2 N–H and O–H groups in total. The molecule has 0 aromatic rings. The summed E-state index contributed by atoms with van der Waals surface area (Å²) in [4.78, 5) is 24.2. The molecule has 0 spiro atoms. The highest BCUT2D eigenvalue weighted by molar-refractivity contribution is 6.01. The second-order valence-electron chi connectivity index (χ2n) is 9.29. The predicted octanol–water partition coefficient (Wildman–Crippen LogP) is 2.70. The molecule has 3 fully saturated rings. The van der Waals surface area contributed by atoms with E-state index in [9.17, 15) is 24.2 Å². The number of carbonyl (C=O) groups is 2. The molecule has 0 saturated heterocycles. The van der Waals surface area contributed by atoms with Crippen molar-refractivity contribution in [2.24, 2.45) is 28.6 Å². The number of ketones is 2. The molecule has 4 rings (SSSR count). The van der Waals surface area contributed by atoms with Gasteiger partial charge in [-0.25, -0.2) is 4.39 Å². The lowest BCUT2D eigenvalue weighted by Crippen LogP contribution is -2.61. The van der Waals surface area contributed by atoms with Crippen LogP contribution in [0.1, 0.15) is 39.5 Å². The first kappa shape index (κ1) is 18.8. The number of Topliss-reactive ketones (excluding diaryl/α,β-unsaturated/α-hetero) is 1. The third kappa shape index (κ3) is 2.16. The largest absolute Gasteiger partial charge is 0.393 e. The van der Waals surface area contributed by atoms with Gasteiger partial charge in [-0.15, -0.1) is 0 Å². The van der Waals surface area contributed by atoms with Crippen LogP contribution in [0.25, 0.3) is 0 Å². The zero-order valence-corrected chi connectivity index (χ0v) is 15.9. The van der Waals surface area contributed by atoms with E-state index in [0.717, 1.165) is 18.4 Å². The smallest absolute Gasteiger partial charge is 0.199 e. The molecule has 0 aromatic heterocycles.